The van der Waals surface area contributed by atoms with Gasteiger partial charge in [-0.2, -0.15) is 0 Å². The summed E-state index contributed by atoms with van der Waals surface area (Å²) in [6.07, 6.45) is 0.208. The number of nitrogens with zero attached hydrogens (tertiary/aromatic N) is 1. The molecule has 1 heterocycles. The number of nitrogens with one attached hydrogen (secondary N) is 1. The van der Waals surface area contributed by atoms with Crippen molar-refractivity contribution in [3.05, 3.63) is 18.2 Å². The first-order valence-electron chi connectivity index (χ1n) is 6.34. The molecule has 1 aromatic carbocycles. The molecule has 1 aliphatic heterocycles. The first-order chi connectivity index (χ1) is 9.60. The minimum atomic E-state index is -0.330. The highest BCUT2D eigenvalue weighted by Gasteiger charge is 2.36. The van der Waals surface area contributed by atoms with E-state index >= 15 is 0 Å². The first kappa shape index (κ1) is 14.2. The Kier molecular flexibility index (Phi) is 4.12. The van der Waals surface area contributed by atoms with Crippen LogP contribution >= 0.6 is 0 Å². The smallest absolute Gasteiger partial charge is 0.227 e. The number of carbonyl (C=O) groups is 2. The Morgan fingerprint density at radius 1 is 1.35 bits per heavy atom. The van der Waals surface area contributed by atoms with E-state index in [2.05, 4.69) is 5.32 Å². The van der Waals surface area contributed by atoms with Gasteiger partial charge in [0.25, 0.3) is 0 Å². The second-order valence-electron chi connectivity index (χ2n) is 4.56. The largest absolute Gasteiger partial charge is 0.497 e. The lowest BCUT2D eigenvalue weighted by atomic mass is 10.1. The van der Waals surface area contributed by atoms with Gasteiger partial charge in [-0.25, -0.2) is 0 Å². The van der Waals surface area contributed by atoms with Gasteiger partial charge in [0.05, 0.1) is 25.8 Å². The van der Waals surface area contributed by atoms with Crippen LogP contribution in [-0.4, -0.2) is 39.6 Å². The van der Waals surface area contributed by atoms with Crippen LogP contribution in [0.3, 0.4) is 0 Å². The lowest BCUT2D eigenvalue weighted by Gasteiger charge is -2.20. The van der Waals surface area contributed by atoms with Gasteiger partial charge in [0, 0.05) is 26.1 Å². The number of ether oxygens (including phenoxy) is 2. The van der Waals surface area contributed by atoms with E-state index in [4.69, 9.17) is 9.47 Å². The Balaban J connectivity index is 2.31. The number of hydrogen-bond donors (Lipinski definition) is 1. The average Bonchev–Trinajstić information content (AvgIpc) is 2.87. The fourth-order valence-electron chi connectivity index (χ4n) is 2.33. The molecular formula is C14H18N2O4. The summed E-state index contributed by atoms with van der Waals surface area (Å²) in [7, 11) is 4.68. The molecule has 0 saturated carbocycles. The Labute approximate surface area is 117 Å². The van der Waals surface area contributed by atoms with Crippen LogP contribution in [-0.2, 0) is 9.59 Å². The van der Waals surface area contributed by atoms with Gasteiger partial charge >= 0.3 is 0 Å². The second kappa shape index (κ2) is 5.81. The fourth-order valence-corrected chi connectivity index (χ4v) is 2.33. The minimum Gasteiger partial charge on any atom is -0.497 e. The third-order valence-corrected chi connectivity index (χ3v) is 3.42. The highest BCUT2D eigenvalue weighted by molar-refractivity contribution is 6.01. The van der Waals surface area contributed by atoms with E-state index < -0.39 is 0 Å². The number of carbonyl (C=O) groups excluding carboxylic acids is 2. The quantitative estimate of drug-likeness (QED) is 0.884. The molecule has 0 spiro atoms. The molecule has 0 radical (unpaired) electrons. The van der Waals surface area contributed by atoms with Crippen LogP contribution in [0.5, 0.6) is 11.5 Å². The number of hydrogen-bond acceptors (Lipinski definition) is 4. The van der Waals surface area contributed by atoms with E-state index in [-0.39, 0.29) is 24.2 Å². The lowest BCUT2D eigenvalue weighted by molar-refractivity contribution is -0.125. The van der Waals surface area contributed by atoms with Crippen molar-refractivity contribution in [1.82, 2.24) is 5.32 Å². The first-order valence-corrected chi connectivity index (χ1v) is 6.34. The van der Waals surface area contributed by atoms with Crippen molar-refractivity contribution in [2.45, 2.75) is 6.42 Å². The van der Waals surface area contributed by atoms with E-state index in [0.29, 0.717) is 23.7 Å². The van der Waals surface area contributed by atoms with Crippen molar-refractivity contribution in [2.24, 2.45) is 5.92 Å². The molecule has 1 saturated heterocycles. The van der Waals surface area contributed by atoms with Crippen LogP contribution in [0.15, 0.2) is 18.2 Å². The molecule has 2 amide bonds. The van der Waals surface area contributed by atoms with Crippen LogP contribution in [0.25, 0.3) is 0 Å². The molecular weight excluding hydrogens is 260 g/mol. The number of methoxy groups -OCH3 is 2. The number of benzene rings is 1. The Morgan fingerprint density at radius 2 is 2.10 bits per heavy atom. The molecule has 6 nitrogen and oxygen atoms in total. The van der Waals surface area contributed by atoms with Gasteiger partial charge in [-0.1, -0.05) is 0 Å². The van der Waals surface area contributed by atoms with E-state index in [1.807, 2.05) is 0 Å². The predicted octanol–water partition coefficient (Wildman–Crippen LogP) is 0.803. The Bertz CT molecular complexity index is 530. The van der Waals surface area contributed by atoms with Crippen molar-refractivity contribution in [1.29, 1.82) is 0 Å². The topological polar surface area (TPSA) is 67.9 Å². The standard InChI is InChI=1S/C14H18N2O4/c1-15-14(18)9-6-13(17)16(8-9)11-7-10(19-2)4-5-12(11)20-3/h4-5,7,9H,6,8H2,1-3H3,(H,15,18)/t9-/m0/s1. The molecule has 0 aliphatic carbocycles. The summed E-state index contributed by atoms with van der Waals surface area (Å²) in [5.74, 6) is 0.671. The Hall–Kier alpha value is -2.24. The summed E-state index contributed by atoms with van der Waals surface area (Å²) >= 11 is 0. The van der Waals surface area contributed by atoms with E-state index in [1.54, 1.807) is 44.4 Å². The van der Waals surface area contributed by atoms with Gasteiger partial charge in [-0.15, -0.1) is 0 Å². The van der Waals surface area contributed by atoms with Crippen LogP contribution in [0, 0.1) is 5.92 Å². The van der Waals surface area contributed by atoms with Gasteiger partial charge < -0.3 is 19.7 Å². The van der Waals surface area contributed by atoms with Crippen molar-refractivity contribution >= 4 is 17.5 Å². The van der Waals surface area contributed by atoms with Crippen LogP contribution in [0.4, 0.5) is 5.69 Å². The zero-order valence-corrected chi connectivity index (χ0v) is 11.8. The van der Waals surface area contributed by atoms with Crippen molar-refractivity contribution < 1.29 is 19.1 Å². The van der Waals surface area contributed by atoms with E-state index in [0.717, 1.165) is 0 Å². The van der Waals surface area contributed by atoms with Crippen LogP contribution < -0.4 is 19.7 Å². The summed E-state index contributed by atoms with van der Waals surface area (Å²) in [6.45, 7) is 0.349. The summed E-state index contributed by atoms with van der Waals surface area (Å²) in [6, 6.07) is 5.25. The third-order valence-electron chi connectivity index (χ3n) is 3.42. The molecule has 2 rings (SSSR count). The zero-order valence-electron chi connectivity index (χ0n) is 11.8. The average molecular weight is 278 g/mol. The lowest BCUT2D eigenvalue weighted by Crippen LogP contribution is -2.30. The second-order valence-corrected chi connectivity index (χ2v) is 4.56. The maximum Gasteiger partial charge on any atom is 0.227 e. The molecule has 108 valence electrons. The number of anilines is 1. The summed E-state index contributed by atoms with van der Waals surface area (Å²) in [5.41, 5.74) is 0.628. The minimum absolute atomic E-state index is 0.0925. The molecule has 0 unspecified atom stereocenters. The van der Waals surface area contributed by atoms with E-state index in [1.165, 1.54) is 0 Å². The van der Waals surface area contributed by atoms with Gasteiger partial charge in [0.2, 0.25) is 11.8 Å². The number of amides is 2. The van der Waals surface area contributed by atoms with Gasteiger partial charge in [-0.3, -0.25) is 9.59 Å². The molecule has 6 heteroatoms. The maximum atomic E-state index is 12.1. The normalized spacial score (nSPS) is 18.1. The molecule has 0 bridgehead atoms. The van der Waals surface area contributed by atoms with Gasteiger partial charge in [-0.05, 0) is 12.1 Å². The van der Waals surface area contributed by atoms with E-state index in [9.17, 15) is 9.59 Å². The van der Waals surface area contributed by atoms with Gasteiger partial charge in [0.15, 0.2) is 0 Å². The zero-order chi connectivity index (χ0) is 14.7. The number of rotatable bonds is 4. The van der Waals surface area contributed by atoms with Gasteiger partial charge in [0.1, 0.15) is 11.5 Å². The summed E-state index contributed by atoms with van der Waals surface area (Å²) in [5, 5.41) is 2.58. The summed E-state index contributed by atoms with van der Waals surface area (Å²) < 4.78 is 10.4. The highest BCUT2D eigenvalue weighted by atomic mass is 16.5. The third kappa shape index (κ3) is 2.54. The predicted molar refractivity (Wildman–Crippen MR) is 74.1 cm³/mol. The van der Waals surface area contributed by atoms with Crippen LogP contribution in [0.1, 0.15) is 6.42 Å². The molecule has 1 atom stereocenters. The molecule has 1 N–H and O–H groups in total. The van der Waals surface area contributed by atoms with Crippen molar-refractivity contribution in [2.75, 3.05) is 32.7 Å². The SMILES string of the molecule is CNC(=O)[C@H]1CC(=O)N(c2cc(OC)ccc2OC)C1. The molecule has 20 heavy (non-hydrogen) atoms. The molecule has 0 aromatic heterocycles. The molecule has 1 aliphatic rings. The van der Waals surface area contributed by atoms with Crippen molar-refractivity contribution in [3.63, 3.8) is 0 Å². The Morgan fingerprint density at radius 3 is 2.70 bits per heavy atom. The maximum absolute atomic E-state index is 12.1. The highest BCUT2D eigenvalue weighted by Crippen LogP contribution is 2.35. The van der Waals surface area contributed by atoms with Crippen LogP contribution in [0.2, 0.25) is 0 Å². The molecule has 1 fully saturated rings. The monoisotopic (exact) mass is 278 g/mol. The summed E-state index contributed by atoms with van der Waals surface area (Å²) in [4.78, 5) is 25.4. The molecule has 1 aromatic rings. The fraction of sp³-hybridized carbons (Fsp3) is 0.429. The van der Waals surface area contributed by atoms with Crippen molar-refractivity contribution in [3.8, 4) is 11.5 Å².